The lowest BCUT2D eigenvalue weighted by atomic mass is 10.1. The van der Waals surface area contributed by atoms with Gasteiger partial charge in [-0.15, -0.1) is 0 Å². The Labute approximate surface area is 183 Å². The second-order valence-corrected chi connectivity index (χ2v) is 8.67. The SMILES string of the molecule is O=C(Nc1ccc(CN2CCN(Cc3ccccc3)CC2)cc1)c1cc(C2CC2)[nH]n1. The van der Waals surface area contributed by atoms with Crippen LogP contribution in [0.3, 0.4) is 0 Å². The van der Waals surface area contributed by atoms with Gasteiger partial charge in [0.25, 0.3) is 5.91 Å². The zero-order valence-electron chi connectivity index (χ0n) is 17.8. The minimum absolute atomic E-state index is 0.162. The van der Waals surface area contributed by atoms with Gasteiger partial charge in [0.15, 0.2) is 5.69 Å². The maximum Gasteiger partial charge on any atom is 0.276 e. The summed E-state index contributed by atoms with van der Waals surface area (Å²) >= 11 is 0. The summed E-state index contributed by atoms with van der Waals surface area (Å²) in [6.45, 7) is 6.31. The van der Waals surface area contributed by atoms with Crippen molar-refractivity contribution in [2.45, 2.75) is 31.8 Å². The highest BCUT2D eigenvalue weighted by Crippen LogP contribution is 2.39. The standard InChI is InChI=1S/C25H29N5O/c31-25(24-16-23(27-28-24)21-8-9-21)26-22-10-6-20(7-11-22)18-30-14-12-29(13-15-30)17-19-4-2-1-3-5-19/h1-7,10-11,16,21H,8-9,12-15,17-18H2,(H,26,31)(H,27,28). The van der Waals surface area contributed by atoms with Crippen LogP contribution in [-0.2, 0) is 13.1 Å². The lowest BCUT2D eigenvalue weighted by molar-refractivity contribution is 0.102. The Bertz CT molecular complexity index is 1000. The zero-order valence-corrected chi connectivity index (χ0v) is 17.8. The van der Waals surface area contributed by atoms with E-state index >= 15 is 0 Å². The molecule has 1 saturated heterocycles. The Hall–Kier alpha value is -2.96. The molecule has 2 N–H and O–H groups in total. The fourth-order valence-electron chi connectivity index (χ4n) is 4.15. The normalized spacial score (nSPS) is 17.5. The highest BCUT2D eigenvalue weighted by Gasteiger charge is 2.26. The van der Waals surface area contributed by atoms with Crippen LogP contribution in [0.2, 0.25) is 0 Å². The number of nitrogens with one attached hydrogen (secondary N) is 2. The van der Waals surface area contributed by atoms with Crippen LogP contribution in [0.5, 0.6) is 0 Å². The van der Waals surface area contributed by atoms with Crippen molar-refractivity contribution in [3.05, 3.63) is 83.2 Å². The van der Waals surface area contributed by atoms with Crippen molar-refractivity contribution in [1.82, 2.24) is 20.0 Å². The number of carbonyl (C=O) groups is 1. The molecule has 0 bridgehead atoms. The van der Waals surface area contributed by atoms with Crippen LogP contribution < -0.4 is 5.32 Å². The van der Waals surface area contributed by atoms with Crippen LogP contribution in [-0.4, -0.2) is 52.1 Å². The van der Waals surface area contributed by atoms with E-state index in [2.05, 4.69) is 67.8 Å². The van der Waals surface area contributed by atoms with E-state index in [4.69, 9.17) is 0 Å². The summed E-state index contributed by atoms with van der Waals surface area (Å²) in [4.78, 5) is 17.4. The quantitative estimate of drug-likeness (QED) is 0.615. The van der Waals surface area contributed by atoms with Crippen molar-refractivity contribution in [2.24, 2.45) is 0 Å². The second-order valence-electron chi connectivity index (χ2n) is 8.67. The van der Waals surface area contributed by atoms with E-state index in [0.29, 0.717) is 11.6 Å². The molecule has 0 atom stereocenters. The average Bonchev–Trinajstić information content (AvgIpc) is 3.53. The Kier molecular flexibility index (Phi) is 5.82. The van der Waals surface area contributed by atoms with Gasteiger partial charge in [-0.05, 0) is 42.2 Å². The number of hydrogen-bond acceptors (Lipinski definition) is 4. The first-order valence-electron chi connectivity index (χ1n) is 11.2. The molecule has 6 nitrogen and oxygen atoms in total. The summed E-state index contributed by atoms with van der Waals surface area (Å²) in [5.74, 6) is 0.402. The Balaban J connectivity index is 1.09. The van der Waals surface area contributed by atoms with E-state index in [9.17, 15) is 4.79 Å². The van der Waals surface area contributed by atoms with Crippen molar-refractivity contribution >= 4 is 11.6 Å². The molecule has 160 valence electrons. The first-order valence-corrected chi connectivity index (χ1v) is 11.2. The van der Waals surface area contributed by atoms with Gasteiger partial charge in [0.2, 0.25) is 0 Å². The largest absolute Gasteiger partial charge is 0.321 e. The average molecular weight is 416 g/mol. The highest BCUT2D eigenvalue weighted by molar-refractivity contribution is 6.02. The zero-order chi connectivity index (χ0) is 21.0. The van der Waals surface area contributed by atoms with Crippen LogP contribution >= 0.6 is 0 Å². The van der Waals surface area contributed by atoms with Crippen LogP contribution in [0.4, 0.5) is 5.69 Å². The van der Waals surface area contributed by atoms with E-state index in [1.54, 1.807) is 0 Å². The number of rotatable bonds is 7. The summed E-state index contributed by atoms with van der Waals surface area (Å²) in [6.07, 6.45) is 2.37. The van der Waals surface area contributed by atoms with Gasteiger partial charge in [0.1, 0.15) is 0 Å². The maximum absolute atomic E-state index is 12.4. The number of aromatic nitrogens is 2. The smallest absolute Gasteiger partial charge is 0.276 e. The van der Waals surface area contributed by atoms with Gasteiger partial charge in [-0.1, -0.05) is 42.5 Å². The third-order valence-corrected chi connectivity index (χ3v) is 6.18. The maximum atomic E-state index is 12.4. The van der Waals surface area contributed by atoms with E-state index < -0.39 is 0 Å². The van der Waals surface area contributed by atoms with Gasteiger partial charge in [-0.25, -0.2) is 0 Å². The molecule has 0 radical (unpaired) electrons. The fraction of sp³-hybridized carbons (Fsp3) is 0.360. The van der Waals surface area contributed by atoms with Crippen LogP contribution in [0, 0.1) is 0 Å². The molecule has 0 unspecified atom stereocenters. The number of aromatic amines is 1. The molecule has 1 saturated carbocycles. The second kappa shape index (κ2) is 9.04. The van der Waals surface area contributed by atoms with Gasteiger partial charge >= 0.3 is 0 Å². The third-order valence-electron chi connectivity index (χ3n) is 6.18. The number of amides is 1. The third kappa shape index (κ3) is 5.21. The minimum Gasteiger partial charge on any atom is -0.321 e. The molecule has 2 aromatic carbocycles. The van der Waals surface area contributed by atoms with Crippen molar-refractivity contribution in [3.63, 3.8) is 0 Å². The molecule has 31 heavy (non-hydrogen) atoms. The highest BCUT2D eigenvalue weighted by atomic mass is 16.1. The van der Waals surface area contributed by atoms with E-state index in [-0.39, 0.29) is 5.91 Å². The van der Waals surface area contributed by atoms with Crippen molar-refractivity contribution in [2.75, 3.05) is 31.5 Å². The molecule has 2 heterocycles. The Morgan fingerprint density at radius 3 is 2.13 bits per heavy atom. The monoisotopic (exact) mass is 415 g/mol. The van der Waals surface area contributed by atoms with E-state index in [1.807, 2.05) is 18.2 Å². The fourth-order valence-corrected chi connectivity index (χ4v) is 4.15. The van der Waals surface area contributed by atoms with E-state index in [1.165, 1.54) is 24.0 Å². The van der Waals surface area contributed by atoms with E-state index in [0.717, 1.165) is 50.6 Å². The van der Waals surface area contributed by atoms with Crippen molar-refractivity contribution in [3.8, 4) is 0 Å². The first-order chi connectivity index (χ1) is 15.2. The molecule has 1 aliphatic carbocycles. The van der Waals surface area contributed by atoms with Crippen molar-refractivity contribution < 1.29 is 4.79 Å². The number of benzene rings is 2. The first kappa shape index (κ1) is 20.0. The predicted octanol–water partition coefficient (Wildman–Crippen LogP) is 3.86. The molecular formula is C25H29N5O. The number of nitrogens with zero attached hydrogens (tertiary/aromatic N) is 3. The summed E-state index contributed by atoms with van der Waals surface area (Å²) in [5.41, 5.74) is 4.98. The lowest BCUT2D eigenvalue weighted by Crippen LogP contribution is -2.45. The van der Waals surface area contributed by atoms with Gasteiger partial charge < -0.3 is 5.32 Å². The summed E-state index contributed by atoms with van der Waals surface area (Å²) in [7, 11) is 0. The van der Waals surface area contributed by atoms with Crippen molar-refractivity contribution in [1.29, 1.82) is 0 Å². The van der Waals surface area contributed by atoms with Crippen LogP contribution in [0.1, 0.15) is 46.1 Å². The molecule has 1 amide bonds. The number of H-pyrrole nitrogens is 1. The van der Waals surface area contributed by atoms with Crippen LogP contribution in [0.15, 0.2) is 60.7 Å². The number of anilines is 1. The van der Waals surface area contributed by atoms with Gasteiger partial charge in [-0.3, -0.25) is 19.7 Å². The topological polar surface area (TPSA) is 64.3 Å². The Morgan fingerprint density at radius 1 is 0.903 bits per heavy atom. The van der Waals surface area contributed by atoms with Gasteiger partial charge in [0, 0.05) is 56.6 Å². The van der Waals surface area contributed by atoms with Gasteiger partial charge in [-0.2, -0.15) is 5.10 Å². The molecular weight excluding hydrogens is 386 g/mol. The molecule has 1 aromatic heterocycles. The summed E-state index contributed by atoms with van der Waals surface area (Å²) in [6, 6.07) is 20.7. The number of carbonyl (C=O) groups excluding carboxylic acids is 1. The predicted molar refractivity (Wildman–Crippen MR) is 122 cm³/mol. The van der Waals surface area contributed by atoms with Crippen LogP contribution in [0.25, 0.3) is 0 Å². The minimum atomic E-state index is -0.162. The van der Waals surface area contributed by atoms with Gasteiger partial charge in [0.05, 0.1) is 0 Å². The summed E-state index contributed by atoms with van der Waals surface area (Å²) < 4.78 is 0. The molecule has 5 rings (SSSR count). The Morgan fingerprint density at radius 2 is 1.52 bits per heavy atom. The lowest BCUT2D eigenvalue weighted by Gasteiger charge is -2.34. The number of piperazine rings is 1. The molecule has 3 aromatic rings. The number of hydrogen-bond donors (Lipinski definition) is 2. The molecule has 2 fully saturated rings. The molecule has 1 aliphatic heterocycles. The molecule has 0 spiro atoms. The molecule has 2 aliphatic rings. The summed E-state index contributed by atoms with van der Waals surface area (Å²) in [5, 5.41) is 10.1. The molecule has 6 heteroatoms.